The molecule has 0 radical (unpaired) electrons. The Labute approximate surface area is 135 Å². The summed E-state index contributed by atoms with van der Waals surface area (Å²) in [6, 6.07) is 0. The number of nitrogens with one attached hydrogen (secondary N) is 2. The van der Waals surface area contributed by atoms with Crippen molar-refractivity contribution in [1.29, 1.82) is 0 Å². The first-order valence-electron chi connectivity index (χ1n) is 8.19. The molecule has 3 rings (SSSR count). The second-order valence-electron chi connectivity index (χ2n) is 6.38. The fourth-order valence-corrected chi connectivity index (χ4v) is 3.40. The van der Waals surface area contributed by atoms with E-state index in [2.05, 4.69) is 30.7 Å². The lowest BCUT2D eigenvalue weighted by Crippen LogP contribution is -2.51. The van der Waals surface area contributed by atoms with Crippen molar-refractivity contribution in [1.82, 2.24) is 25.7 Å². The molecule has 1 atom stereocenters. The van der Waals surface area contributed by atoms with Crippen LogP contribution >= 0.6 is 0 Å². The minimum atomic E-state index is 0.0482. The summed E-state index contributed by atoms with van der Waals surface area (Å²) in [6.07, 6.45) is 2.77. The molecule has 8 heteroatoms. The summed E-state index contributed by atoms with van der Waals surface area (Å²) < 4.78 is 5.12. The first-order chi connectivity index (χ1) is 11.1. The van der Waals surface area contributed by atoms with Gasteiger partial charge in [-0.15, -0.1) is 0 Å². The minimum Gasteiger partial charge on any atom is -0.357 e. The predicted molar refractivity (Wildman–Crippen MR) is 84.7 cm³/mol. The maximum Gasteiger partial charge on any atom is 0.248 e. The van der Waals surface area contributed by atoms with Crippen molar-refractivity contribution >= 4 is 11.9 Å². The molecule has 2 saturated heterocycles. The Bertz CT molecular complexity index is 599. The molecule has 126 valence electrons. The van der Waals surface area contributed by atoms with Crippen LogP contribution in [0, 0.1) is 12.3 Å². The molecule has 23 heavy (non-hydrogen) atoms. The van der Waals surface area contributed by atoms with Gasteiger partial charge in [-0.3, -0.25) is 4.79 Å². The number of aryl methyl sites for hydroxylation is 1. The molecular weight excluding hydrogens is 296 g/mol. The van der Waals surface area contributed by atoms with Crippen molar-refractivity contribution in [2.45, 2.75) is 39.7 Å². The lowest BCUT2D eigenvalue weighted by molar-refractivity contribution is -0.119. The minimum absolute atomic E-state index is 0.0482. The zero-order valence-electron chi connectivity index (χ0n) is 13.8. The van der Waals surface area contributed by atoms with Gasteiger partial charge in [0.1, 0.15) is 6.54 Å². The van der Waals surface area contributed by atoms with Crippen molar-refractivity contribution in [3.05, 3.63) is 11.7 Å². The van der Waals surface area contributed by atoms with Crippen LogP contribution in [0.2, 0.25) is 0 Å². The van der Waals surface area contributed by atoms with Gasteiger partial charge in [0, 0.05) is 38.0 Å². The molecule has 3 heterocycles. The molecule has 0 aliphatic carbocycles. The monoisotopic (exact) mass is 320 g/mol. The van der Waals surface area contributed by atoms with Gasteiger partial charge in [0.2, 0.25) is 11.8 Å². The number of nitrogens with zero attached hydrogens (tertiary/aromatic N) is 4. The molecule has 2 aliphatic heterocycles. The Morgan fingerprint density at radius 3 is 3.09 bits per heavy atom. The van der Waals surface area contributed by atoms with Gasteiger partial charge in [-0.05, 0) is 26.7 Å². The van der Waals surface area contributed by atoms with Gasteiger partial charge >= 0.3 is 0 Å². The molecule has 1 amide bonds. The smallest absolute Gasteiger partial charge is 0.248 e. The topological polar surface area (TPSA) is 95.7 Å². The van der Waals surface area contributed by atoms with E-state index in [1.54, 1.807) is 6.92 Å². The van der Waals surface area contributed by atoms with Gasteiger partial charge in [-0.2, -0.15) is 4.98 Å². The third-order valence-corrected chi connectivity index (χ3v) is 4.43. The van der Waals surface area contributed by atoms with E-state index in [4.69, 9.17) is 4.52 Å². The summed E-state index contributed by atoms with van der Waals surface area (Å²) in [7, 11) is 0. The van der Waals surface area contributed by atoms with E-state index >= 15 is 0 Å². The number of carbonyl (C=O) groups excluding carboxylic acids is 1. The number of likely N-dealkylation sites (tertiary alicyclic amines) is 1. The number of amides is 1. The van der Waals surface area contributed by atoms with Crippen LogP contribution in [-0.2, 0) is 11.3 Å². The van der Waals surface area contributed by atoms with Crippen LogP contribution in [0.4, 0.5) is 0 Å². The lowest BCUT2D eigenvalue weighted by atomic mass is 9.79. The van der Waals surface area contributed by atoms with E-state index in [1.165, 1.54) is 0 Å². The average Bonchev–Trinajstić information content (AvgIpc) is 3.10. The third kappa shape index (κ3) is 3.62. The number of guanidine groups is 1. The van der Waals surface area contributed by atoms with E-state index in [-0.39, 0.29) is 11.3 Å². The van der Waals surface area contributed by atoms with E-state index < -0.39 is 0 Å². The quantitative estimate of drug-likeness (QED) is 0.620. The number of piperidine rings is 1. The molecule has 2 N–H and O–H groups in total. The Morgan fingerprint density at radius 2 is 2.43 bits per heavy atom. The highest BCUT2D eigenvalue weighted by atomic mass is 16.5. The lowest BCUT2D eigenvalue weighted by Gasteiger charge is -2.40. The van der Waals surface area contributed by atoms with E-state index in [0.29, 0.717) is 24.7 Å². The molecule has 1 spiro atoms. The molecule has 2 aliphatic rings. The van der Waals surface area contributed by atoms with Crippen LogP contribution in [0.1, 0.15) is 37.9 Å². The van der Waals surface area contributed by atoms with Crippen LogP contribution in [0.5, 0.6) is 0 Å². The highest BCUT2D eigenvalue weighted by Gasteiger charge is 2.42. The first-order valence-corrected chi connectivity index (χ1v) is 8.19. The molecule has 0 bridgehead atoms. The SMILES string of the molecule is CCNC(=NCc1nc(C)no1)N1CCCC2(CNC(=O)C2)C1. The first kappa shape index (κ1) is 15.8. The zero-order valence-corrected chi connectivity index (χ0v) is 13.8. The molecule has 1 aromatic heterocycles. The number of aliphatic imine (C=N–C) groups is 1. The van der Waals surface area contributed by atoms with Crippen molar-refractivity contribution in [3.63, 3.8) is 0 Å². The summed E-state index contributed by atoms with van der Waals surface area (Å²) in [4.78, 5) is 22.7. The van der Waals surface area contributed by atoms with Gasteiger partial charge in [0.25, 0.3) is 0 Å². The molecule has 0 aromatic carbocycles. The van der Waals surface area contributed by atoms with Gasteiger partial charge in [0.05, 0.1) is 0 Å². The molecule has 8 nitrogen and oxygen atoms in total. The van der Waals surface area contributed by atoms with E-state index in [0.717, 1.165) is 45.0 Å². The van der Waals surface area contributed by atoms with Gasteiger partial charge in [0.15, 0.2) is 11.8 Å². The van der Waals surface area contributed by atoms with Crippen LogP contribution in [0.3, 0.4) is 0 Å². The summed E-state index contributed by atoms with van der Waals surface area (Å²) in [5, 5.41) is 10.1. The van der Waals surface area contributed by atoms with E-state index in [9.17, 15) is 4.79 Å². The van der Waals surface area contributed by atoms with Crippen LogP contribution < -0.4 is 10.6 Å². The summed E-state index contributed by atoms with van der Waals surface area (Å²) in [5.41, 5.74) is 0.0482. The maximum atomic E-state index is 11.6. The molecule has 0 saturated carbocycles. The predicted octanol–water partition coefficient (Wildman–Crippen LogP) is 0.446. The highest BCUT2D eigenvalue weighted by Crippen LogP contribution is 2.35. The standard InChI is InChI=1S/C15H24N6O2/c1-3-16-14(17-8-13-19-11(2)20-23-13)21-6-4-5-15(10-21)7-12(22)18-9-15/h3-10H2,1-2H3,(H,16,17)(H,18,22). The number of aromatic nitrogens is 2. The van der Waals surface area contributed by atoms with Crippen LogP contribution in [0.15, 0.2) is 9.52 Å². The second-order valence-corrected chi connectivity index (χ2v) is 6.38. The zero-order chi connectivity index (χ0) is 16.3. The summed E-state index contributed by atoms with van der Waals surface area (Å²) in [6.45, 7) is 7.56. The van der Waals surface area contributed by atoms with Crippen molar-refractivity contribution in [3.8, 4) is 0 Å². The molecular formula is C15H24N6O2. The summed E-state index contributed by atoms with van der Waals surface area (Å²) >= 11 is 0. The van der Waals surface area contributed by atoms with Crippen molar-refractivity contribution < 1.29 is 9.32 Å². The van der Waals surface area contributed by atoms with Crippen molar-refractivity contribution in [2.24, 2.45) is 10.4 Å². The van der Waals surface area contributed by atoms with E-state index in [1.807, 2.05) is 6.92 Å². The average molecular weight is 320 g/mol. The number of rotatable bonds is 3. The highest BCUT2D eigenvalue weighted by molar-refractivity contribution is 5.81. The largest absolute Gasteiger partial charge is 0.357 e. The number of hydrogen-bond donors (Lipinski definition) is 2. The van der Waals surface area contributed by atoms with Gasteiger partial charge < -0.3 is 20.1 Å². The normalized spacial score (nSPS) is 25.0. The van der Waals surface area contributed by atoms with Gasteiger partial charge in [-0.1, -0.05) is 5.16 Å². The number of carbonyl (C=O) groups is 1. The van der Waals surface area contributed by atoms with Gasteiger partial charge in [-0.25, -0.2) is 4.99 Å². The Morgan fingerprint density at radius 1 is 1.57 bits per heavy atom. The molecule has 1 unspecified atom stereocenters. The van der Waals surface area contributed by atoms with Crippen LogP contribution in [0.25, 0.3) is 0 Å². The third-order valence-electron chi connectivity index (χ3n) is 4.43. The second kappa shape index (κ2) is 6.55. The van der Waals surface area contributed by atoms with Crippen LogP contribution in [-0.4, -0.2) is 53.1 Å². The molecule has 1 aromatic rings. The maximum absolute atomic E-state index is 11.6. The Kier molecular flexibility index (Phi) is 4.49. The summed E-state index contributed by atoms with van der Waals surface area (Å²) in [5.74, 6) is 2.15. The Balaban J connectivity index is 1.70. The molecule has 2 fully saturated rings. The fraction of sp³-hybridized carbons (Fsp3) is 0.733. The fourth-order valence-electron chi connectivity index (χ4n) is 3.40. The Hall–Kier alpha value is -2.12. The van der Waals surface area contributed by atoms with Crippen molar-refractivity contribution in [2.75, 3.05) is 26.2 Å². The number of hydrogen-bond acceptors (Lipinski definition) is 5.